The summed E-state index contributed by atoms with van der Waals surface area (Å²) in [5, 5.41) is 1.38. The minimum absolute atomic E-state index is 0.0279. The second-order valence-corrected chi connectivity index (χ2v) is 9.80. The van der Waals surface area contributed by atoms with Crippen LogP contribution < -0.4 is 4.90 Å². The van der Waals surface area contributed by atoms with Crippen molar-refractivity contribution in [2.24, 2.45) is 0 Å². The van der Waals surface area contributed by atoms with Crippen molar-refractivity contribution in [3.63, 3.8) is 0 Å². The number of thiazole rings is 1. The standard InChI is InChI=1S/C22H23ClN2O2S2/c1-3-28-18-9-5-4-8-17(18)21(26)25(13-16-7-6-10-27-16)22-24-20-14(2)11-15(23)12-19(20)29-22/h4-5,8-9,11-12,16H,3,6-7,10,13H2,1-2H3. The van der Waals surface area contributed by atoms with Crippen LogP contribution in [0.15, 0.2) is 41.3 Å². The minimum Gasteiger partial charge on any atom is -0.376 e. The molecular weight excluding hydrogens is 424 g/mol. The van der Waals surface area contributed by atoms with Crippen LogP contribution in [0.25, 0.3) is 10.2 Å². The summed E-state index contributed by atoms with van der Waals surface area (Å²) in [6.07, 6.45) is 2.04. The summed E-state index contributed by atoms with van der Waals surface area (Å²) in [6, 6.07) is 11.6. The fourth-order valence-electron chi connectivity index (χ4n) is 3.57. The molecule has 3 aromatic rings. The summed E-state index contributed by atoms with van der Waals surface area (Å²) in [6.45, 7) is 5.35. The highest BCUT2D eigenvalue weighted by molar-refractivity contribution is 7.99. The Bertz CT molecular complexity index is 1030. The molecule has 1 aliphatic heterocycles. The molecule has 1 atom stereocenters. The van der Waals surface area contributed by atoms with Crippen LogP contribution in [0.4, 0.5) is 5.13 Å². The van der Waals surface area contributed by atoms with E-state index in [1.54, 1.807) is 16.7 Å². The average molecular weight is 447 g/mol. The number of carbonyl (C=O) groups excluding carboxylic acids is 1. The lowest BCUT2D eigenvalue weighted by atomic mass is 10.1. The third-order valence-corrected chi connectivity index (χ3v) is 7.14. The number of aryl methyl sites for hydroxylation is 1. The van der Waals surface area contributed by atoms with Gasteiger partial charge in [-0.05, 0) is 55.3 Å². The number of carbonyl (C=O) groups is 1. The smallest absolute Gasteiger partial charge is 0.261 e. The molecule has 0 spiro atoms. The molecule has 7 heteroatoms. The van der Waals surface area contributed by atoms with Gasteiger partial charge in [0.15, 0.2) is 5.13 Å². The first-order valence-electron chi connectivity index (χ1n) is 9.78. The molecule has 1 amide bonds. The van der Waals surface area contributed by atoms with Crippen molar-refractivity contribution in [2.45, 2.75) is 37.7 Å². The van der Waals surface area contributed by atoms with Crippen LogP contribution in [-0.4, -0.2) is 35.9 Å². The van der Waals surface area contributed by atoms with E-state index < -0.39 is 0 Å². The third kappa shape index (κ3) is 4.45. The number of rotatable bonds is 6. The van der Waals surface area contributed by atoms with Gasteiger partial charge in [-0.3, -0.25) is 9.69 Å². The Kier molecular flexibility index (Phi) is 6.44. The van der Waals surface area contributed by atoms with E-state index in [4.69, 9.17) is 21.3 Å². The van der Waals surface area contributed by atoms with Gasteiger partial charge in [0.1, 0.15) is 0 Å². The first-order chi connectivity index (χ1) is 14.1. The van der Waals surface area contributed by atoms with Crippen LogP contribution >= 0.6 is 34.7 Å². The zero-order valence-electron chi connectivity index (χ0n) is 16.5. The fraction of sp³-hybridized carbons (Fsp3) is 0.364. The maximum atomic E-state index is 13.7. The SMILES string of the molecule is CCSc1ccccc1C(=O)N(CC1CCCO1)c1nc2c(C)cc(Cl)cc2s1. The van der Waals surface area contributed by atoms with Crippen LogP contribution in [0.5, 0.6) is 0 Å². The second-order valence-electron chi connectivity index (χ2n) is 7.05. The highest BCUT2D eigenvalue weighted by atomic mass is 35.5. The average Bonchev–Trinajstić information content (AvgIpc) is 3.36. The van der Waals surface area contributed by atoms with Gasteiger partial charge in [0.25, 0.3) is 5.91 Å². The molecular formula is C22H23ClN2O2S2. The van der Waals surface area contributed by atoms with E-state index >= 15 is 0 Å². The number of thioether (sulfide) groups is 1. The molecule has 1 unspecified atom stereocenters. The first-order valence-corrected chi connectivity index (χ1v) is 12.0. The van der Waals surface area contributed by atoms with E-state index in [2.05, 4.69) is 6.92 Å². The first kappa shape index (κ1) is 20.7. The quantitative estimate of drug-likeness (QED) is 0.423. The molecule has 1 aromatic heterocycles. The van der Waals surface area contributed by atoms with Gasteiger partial charge >= 0.3 is 0 Å². The molecule has 2 aromatic carbocycles. The van der Waals surface area contributed by atoms with Crippen molar-refractivity contribution in [1.82, 2.24) is 4.98 Å². The van der Waals surface area contributed by atoms with Gasteiger partial charge in [0, 0.05) is 16.5 Å². The molecule has 0 saturated carbocycles. The van der Waals surface area contributed by atoms with Gasteiger partial charge in [-0.15, -0.1) is 11.8 Å². The molecule has 1 aliphatic rings. The zero-order valence-corrected chi connectivity index (χ0v) is 18.9. The summed E-state index contributed by atoms with van der Waals surface area (Å²) in [5.41, 5.74) is 2.63. The number of nitrogens with zero attached hydrogens (tertiary/aromatic N) is 2. The number of halogens is 1. The number of anilines is 1. The van der Waals surface area contributed by atoms with Crippen LogP contribution in [0, 0.1) is 6.92 Å². The Balaban J connectivity index is 1.76. The summed E-state index contributed by atoms with van der Waals surface area (Å²) < 4.78 is 6.83. The number of hydrogen-bond donors (Lipinski definition) is 0. The molecule has 0 N–H and O–H groups in total. The summed E-state index contributed by atoms with van der Waals surface area (Å²) in [5.74, 6) is 0.884. The predicted molar refractivity (Wildman–Crippen MR) is 123 cm³/mol. The molecule has 0 radical (unpaired) electrons. The molecule has 1 fully saturated rings. The fourth-order valence-corrected chi connectivity index (χ4v) is 5.79. The largest absolute Gasteiger partial charge is 0.376 e. The van der Waals surface area contributed by atoms with Crippen molar-refractivity contribution in [1.29, 1.82) is 0 Å². The van der Waals surface area contributed by atoms with E-state index in [-0.39, 0.29) is 12.0 Å². The number of benzene rings is 2. The lowest BCUT2D eigenvalue weighted by Crippen LogP contribution is -2.37. The van der Waals surface area contributed by atoms with Crippen molar-refractivity contribution in [3.8, 4) is 0 Å². The third-order valence-electron chi connectivity index (χ3n) is 4.94. The summed E-state index contributed by atoms with van der Waals surface area (Å²) in [7, 11) is 0. The van der Waals surface area contributed by atoms with Gasteiger partial charge < -0.3 is 4.74 Å². The molecule has 2 heterocycles. The van der Waals surface area contributed by atoms with Gasteiger partial charge in [-0.2, -0.15) is 0 Å². The Morgan fingerprint density at radius 3 is 2.97 bits per heavy atom. The Morgan fingerprint density at radius 2 is 2.21 bits per heavy atom. The van der Waals surface area contributed by atoms with Gasteiger partial charge in [0.2, 0.25) is 0 Å². The predicted octanol–water partition coefficient (Wildman–Crippen LogP) is 6.20. The number of amides is 1. The van der Waals surface area contributed by atoms with Crippen LogP contribution in [0.2, 0.25) is 5.02 Å². The van der Waals surface area contributed by atoms with E-state index in [1.165, 1.54) is 11.3 Å². The highest BCUT2D eigenvalue weighted by Gasteiger charge is 2.28. The van der Waals surface area contributed by atoms with Crippen LogP contribution in [0.1, 0.15) is 35.7 Å². The number of ether oxygens (including phenoxy) is 1. The topological polar surface area (TPSA) is 42.4 Å². The van der Waals surface area contributed by atoms with Crippen molar-refractivity contribution in [2.75, 3.05) is 23.8 Å². The minimum atomic E-state index is -0.0279. The molecule has 0 bridgehead atoms. The molecule has 152 valence electrons. The normalized spacial score (nSPS) is 16.4. The van der Waals surface area contributed by atoms with E-state index in [0.717, 1.165) is 45.9 Å². The van der Waals surface area contributed by atoms with Crippen molar-refractivity contribution in [3.05, 3.63) is 52.5 Å². The summed E-state index contributed by atoms with van der Waals surface area (Å²) in [4.78, 5) is 21.3. The van der Waals surface area contributed by atoms with Crippen molar-refractivity contribution < 1.29 is 9.53 Å². The molecule has 4 nitrogen and oxygen atoms in total. The van der Waals surface area contributed by atoms with Crippen molar-refractivity contribution >= 4 is 56.0 Å². The molecule has 29 heavy (non-hydrogen) atoms. The van der Waals surface area contributed by atoms with Gasteiger partial charge in [-0.25, -0.2) is 4.98 Å². The van der Waals surface area contributed by atoms with E-state index in [9.17, 15) is 4.79 Å². The molecule has 4 rings (SSSR count). The Labute approximate surface area is 184 Å². The number of fused-ring (bicyclic) bond motifs is 1. The number of aromatic nitrogens is 1. The zero-order chi connectivity index (χ0) is 20.4. The Hall–Kier alpha value is -1.60. The van der Waals surface area contributed by atoms with Gasteiger partial charge in [-0.1, -0.05) is 42.0 Å². The maximum absolute atomic E-state index is 13.7. The lowest BCUT2D eigenvalue weighted by molar-refractivity contribution is 0.0915. The van der Waals surface area contributed by atoms with Crippen LogP contribution in [-0.2, 0) is 4.74 Å². The number of hydrogen-bond acceptors (Lipinski definition) is 5. The summed E-state index contributed by atoms with van der Waals surface area (Å²) >= 11 is 9.43. The van der Waals surface area contributed by atoms with E-state index in [1.807, 2.05) is 43.3 Å². The molecule has 1 saturated heterocycles. The second kappa shape index (κ2) is 9.04. The highest BCUT2D eigenvalue weighted by Crippen LogP contribution is 2.35. The lowest BCUT2D eigenvalue weighted by Gasteiger charge is -2.24. The van der Waals surface area contributed by atoms with E-state index in [0.29, 0.717) is 22.3 Å². The maximum Gasteiger partial charge on any atom is 0.261 e. The monoisotopic (exact) mass is 446 g/mol. The Morgan fingerprint density at radius 1 is 1.38 bits per heavy atom. The van der Waals surface area contributed by atoms with Crippen LogP contribution in [0.3, 0.4) is 0 Å². The van der Waals surface area contributed by atoms with Gasteiger partial charge in [0.05, 0.1) is 28.4 Å². The molecule has 0 aliphatic carbocycles.